The van der Waals surface area contributed by atoms with Crippen LogP contribution in [-0.4, -0.2) is 30.2 Å². The molecule has 1 aliphatic rings. The molecule has 0 aromatic carbocycles. The number of nitrogens with two attached hydrogens (primary N) is 1. The Balaban J connectivity index is 2.38. The fourth-order valence-corrected chi connectivity index (χ4v) is 2.33. The highest BCUT2D eigenvalue weighted by Crippen LogP contribution is 2.29. The summed E-state index contributed by atoms with van der Waals surface area (Å²) >= 11 is 0. The molecule has 0 aliphatic heterocycles. The van der Waals surface area contributed by atoms with Gasteiger partial charge in [0, 0.05) is 12.5 Å². The molecule has 4 nitrogen and oxygen atoms in total. The predicted molar refractivity (Wildman–Crippen MR) is 63.8 cm³/mol. The van der Waals surface area contributed by atoms with Gasteiger partial charge in [0.2, 0.25) is 5.91 Å². The summed E-state index contributed by atoms with van der Waals surface area (Å²) in [6.07, 6.45) is 4.55. The third kappa shape index (κ3) is 3.76. The highest BCUT2D eigenvalue weighted by atomic mass is 16.3. The minimum atomic E-state index is -0.427. The van der Waals surface area contributed by atoms with E-state index in [-0.39, 0.29) is 11.8 Å². The van der Waals surface area contributed by atoms with E-state index >= 15 is 0 Å². The fraction of sp³-hybridized carbons (Fsp3) is 0.917. The van der Waals surface area contributed by atoms with Crippen molar-refractivity contribution in [1.29, 1.82) is 0 Å². The molecule has 1 rings (SSSR count). The van der Waals surface area contributed by atoms with Crippen molar-refractivity contribution in [2.75, 3.05) is 13.1 Å². The van der Waals surface area contributed by atoms with Gasteiger partial charge in [-0.25, -0.2) is 0 Å². The van der Waals surface area contributed by atoms with Crippen LogP contribution in [0.5, 0.6) is 0 Å². The lowest BCUT2D eigenvalue weighted by atomic mass is 9.79. The second kappa shape index (κ2) is 6.86. The molecular formula is C12H24N2O2. The standard InChI is InChI=1S/C12H24N2O2/c1-2-10(15)8-14-12(16)11-6-4-3-5-9(11)7-13/h9-11,15H,2-8,13H2,1H3,(H,14,16). The molecule has 16 heavy (non-hydrogen) atoms. The Morgan fingerprint density at radius 3 is 2.81 bits per heavy atom. The molecule has 1 amide bonds. The highest BCUT2D eigenvalue weighted by molar-refractivity contribution is 5.79. The molecule has 1 fully saturated rings. The van der Waals surface area contributed by atoms with Gasteiger partial charge in [-0.15, -0.1) is 0 Å². The maximum Gasteiger partial charge on any atom is 0.223 e. The summed E-state index contributed by atoms with van der Waals surface area (Å²) in [4.78, 5) is 11.9. The Labute approximate surface area is 97.6 Å². The topological polar surface area (TPSA) is 75.3 Å². The summed E-state index contributed by atoms with van der Waals surface area (Å²) in [6, 6.07) is 0. The SMILES string of the molecule is CCC(O)CNC(=O)C1CCCCC1CN. The first-order valence-corrected chi connectivity index (χ1v) is 6.34. The van der Waals surface area contributed by atoms with Gasteiger partial charge < -0.3 is 16.2 Å². The van der Waals surface area contributed by atoms with Gasteiger partial charge in [-0.3, -0.25) is 4.79 Å². The van der Waals surface area contributed by atoms with Crippen molar-refractivity contribution in [2.24, 2.45) is 17.6 Å². The molecule has 3 atom stereocenters. The zero-order valence-electron chi connectivity index (χ0n) is 10.1. The predicted octanol–water partition coefficient (Wildman–Crippen LogP) is 0.639. The molecule has 1 aliphatic carbocycles. The Morgan fingerprint density at radius 1 is 1.50 bits per heavy atom. The molecule has 0 aromatic heterocycles. The summed E-state index contributed by atoms with van der Waals surface area (Å²) in [5, 5.41) is 12.2. The van der Waals surface area contributed by atoms with E-state index in [2.05, 4.69) is 5.32 Å². The smallest absolute Gasteiger partial charge is 0.223 e. The number of carbonyl (C=O) groups is 1. The number of hydrogen-bond donors (Lipinski definition) is 3. The van der Waals surface area contributed by atoms with E-state index < -0.39 is 6.10 Å². The largest absolute Gasteiger partial charge is 0.391 e. The van der Waals surface area contributed by atoms with Gasteiger partial charge in [-0.1, -0.05) is 19.8 Å². The van der Waals surface area contributed by atoms with Crippen molar-refractivity contribution >= 4 is 5.91 Å². The van der Waals surface area contributed by atoms with Crippen LogP contribution in [0.2, 0.25) is 0 Å². The Morgan fingerprint density at radius 2 is 2.19 bits per heavy atom. The first-order chi connectivity index (χ1) is 7.69. The Kier molecular flexibility index (Phi) is 5.77. The second-order valence-electron chi connectivity index (χ2n) is 4.69. The lowest BCUT2D eigenvalue weighted by molar-refractivity contribution is -0.128. The van der Waals surface area contributed by atoms with Gasteiger partial charge in [-0.2, -0.15) is 0 Å². The van der Waals surface area contributed by atoms with Crippen molar-refractivity contribution in [2.45, 2.75) is 45.1 Å². The molecule has 0 radical (unpaired) electrons. The number of carbonyl (C=O) groups excluding carboxylic acids is 1. The minimum Gasteiger partial charge on any atom is -0.391 e. The second-order valence-corrected chi connectivity index (χ2v) is 4.69. The first kappa shape index (κ1) is 13.5. The van der Waals surface area contributed by atoms with Crippen LogP contribution in [0.25, 0.3) is 0 Å². The van der Waals surface area contributed by atoms with Crippen molar-refractivity contribution < 1.29 is 9.90 Å². The van der Waals surface area contributed by atoms with Gasteiger partial charge in [0.05, 0.1) is 6.10 Å². The number of rotatable bonds is 5. The van der Waals surface area contributed by atoms with Crippen LogP contribution in [-0.2, 0) is 4.79 Å². The monoisotopic (exact) mass is 228 g/mol. The normalized spacial score (nSPS) is 27.4. The summed E-state index contributed by atoms with van der Waals surface area (Å²) in [5.41, 5.74) is 5.68. The number of nitrogens with one attached hydrogen (secondary N) is 1. The van der Waals surface area contributed by atoms with E-state index in [4.69, 9.17) is 5.73 Å². The average Bonchev–Trinajstić information content (AvgIpc) is 2.35. The quantitative estimate of drug-likeness (QED) is 0.646. The van der Waals surface area contributed by atoms with E-state index in [0.29, 0.717) is 25.4 Å². The van der Waals surface area contributed by atoms with Crippen molar-refractivity contribution in [3.63, 3.8) is 0 Å². The van der Waals surface area contributed by atoms with Crippen molar-refractivity contribution in [3.8, 4) is 0 Å². The van der Waals surface area contributed by atoms with Crippen LogP contribution in [0.1, 0.15) is 39.0 Å². The van der Waals surface area contributed by atoms with Crippen molar-refractivity contribution in [1.82, 2.24) is 5.32 Å². The number of hydrogen-bond acceptors (Lipinski definition) is 3. The number of aliphatic hydroxyl groups excluding tert-OH is 1. The molecular weight excluding hydrogens is 204 g/mol. The van der Waals surface area contributed by atoms with Crippen LogP contribution in [0.3, 0.4) is 0 Å². The summed E-state index contributed by atoms with van der Waals surface area (Å²) in [7, 11) is 0. The molecule has 94 valence electrons. The molecule has 1 saturated carbocycles. The third-order valence-electron chi connectivity index (χ3n) is 3.53. The molecule has 0 bridgehead atoms. The molecule has 0 heterocycles. The molecule has 4 heteroatoms. The zero-order chi connectivity index (χ0) is 12.0. The van der Waals surface area contributed by atoms with E-state index in [9.17, 15) is 9.90 Å². The van der Waals surface area contributed by atoms with Crippen LogP contribution in [0.4, 0.5) is 0 Å². The molecule has 0 aromatic rings. The Bertz CT molecular complexity index is 221. The van der Waals surface area contributed by atoms with Gasteiger partial charge in [0.1, 0.15) is 0 Å². The third-order valence-corrected chi connectivity index (χ3v) is 3.53. The van der Waals surface area contributed by atoms with Crippen molar-refractivity contribution in [3.05, 3.63) is 0 Å². The van der Waals surface area contributed by atoms with Gasteiger partial charge in [0.15, 0.2) is 0 Å². The molecule has 0 saturated heterocycles. The van der Waals surface area contributed by atoms with Crippen LogP contribution in [0, 0.1) is 11.8 Å². The number of aliphatic hydroxyl groups is 1. The average molecular weight is 228 g/mol. The fourth-order valence-electron chi connectivity index (χ4n) is 2.33. The summed E-state index contributed by atoms with van der Waals surface area (Å²) in [6.45, 7) is 2.86. The molecule has 0 spiro atoms. The summed E-state index contributed by atoms with van der Waals surface area (Å²) < 4.78 is 0. The maximum atomic E-state index is 11.9. The molecule has 3 unspecified atom stereocenters. The maximum absolute atomic E-state index is 11.9. The highest BCUT2D eigenvalue weighted by Gasteiger charge is 2.29. The van der Waals surface area contributed by atoms with Crippen LogP contribution < -0.4 is 11.1 Å². The van der Waals surface area contributed by atoms with E-state index in [1.807, 2.05) is 6.92 Å². The lowest BCUT2D eigenvalue weighted by Gasteiger charge is -2.29. The van der Waals surface area contributed by atoms with Gasteiger partial charge >= 0.3 is 0 Å². The number of amides is 1. The lowest BCUT2D eigenvalue weighted by Crippen LogP contribution is -2.41. The van der Waals surface area contributed by atoms with Gasteiger partial charge in [0.25, 0.3) is 0 Å². The van der Waals surface area contributed by atoms with Gasteiger partial charge in [-0.05, 0) is 31.7 Å². The Hall–Kier alpha value is -0.610. The summed E-state index contributed by atoms with van der Waals surface area (Å²) in [5.74, 6) is 0.456. The molecule has 4 N–H and O–H groups in total. The first-order valence-electron chi connectivity index (χ1n) is 6.34. The van der Waals surface area contributed by atoms with E-state index in [1.165, 1.54) is 6.42 Å². The van der Waals surface area contributed by atoms with Crippen LogP contribution in [0.15, 0.2) is 0 Å². The van der Waals surface area contributed by atoms with E-state index in [1.54, 1.807) is 0 Å². The van der Waals surface area contributed by atoms with Crippen LogP contribution >= 0.6 is 0 Å². The zero-order valence-corrected chi connectivity index (χ0v) is 10.1. The van der Waals surface area contributed by atoms with E-state index in [0.717, 1.165) is 19.3 Å². The minimum absolute atomic E-state index is 0.0582.